The maximum absolute atomic E-state index is 13.7. The first-order valence-electron chi connectivity index (χ1n) is 8.37. The van der Waals surface area contributed by atoms with Crippen LogP contribution in [0.25, 0.3) is 0 Å². The van der Waals surface area contributed by atoms with Gasteiger partial charge in [-0.25, -0.2) is 13.6 Å². The Morgan fingerprint density at radius 3 is 2.48 bits per heavy atom. The van der Waals surface area contributed by atoms with E-state index in [-0.39, 0.29) is 23.4 Å². The van der Waals surface area contributed by atoms with Crippen LogP contribution in [0.2, 0.25) is 0 Å². The molecule has 2 aromatic carbocycles. The normalized spacial score (nSPS) is 11.4. The summed E-state index contributed by atoms with van der Waals surface area (Å²) in [6, 6.07) is 5.73. The van der Waals surface area contributed by atoms with Crippen LogP contribution in [0.15, 0.2) is 36.4 Å². The SMILES string of the molecule is COC(=O)[C@H](Cc1ccc(OC)c([N+](=O)[O-])c1)NC(=O)Cc1ccc(F)cc1F. The summed E-state index contributed by atoms with van der Waals surface area (Å²) in [6.07, 6.45) is -0.530. The first kappa shape index (κ1) is 21.7. The van der Waals surface area contributed by atoms with Crippen LogP contribution in [-0.4, -0.2) is 37.1 Å². The van der Waals surface area contributed by atoms with Crippen LogP contribution in [0.1, 0.15) is 11.1 Å². The van der Waals surface area contributed by atoms with Gasteiger partial charge in [0.05, 0.1) is 25.6 Å². The molecular weight excluding hydrogens is 390 g/mol. The van der Waals surface area contributed by atoms with Gasteiger partial charge in [-0.3, -0.25) is 14.9 Å². The number of nitrogens with zero attached hydrogens (tertiary/aromatic N) is 1. The largest absolute Gasteiger partial charge is 0.490 e. The first-order chi connectivity index (χ1) is 13.7. The molecule has 0 radical (unpaired) electrons. The number of carbonyl (C=O) groups is 2. The smallest absolute Gasteiger partial charge is 0.328 e. The molecule has 8 nitrogen and oxygen atoms in total. The number of benzene rings is 2. The molecule has 0 aliphatic rings. The highest BCUT2D eigenvalue weighted by molar-refractivity contribution is 5.85. The van der Waals surface area contributed by atoms with Crippen molar-refractivity contribution in [1.82, 2.24) is 5.32 Å². The van der Waals surface area contributed by atoms with Gasteiger partial charge in [0, 0.05) is 18.6 Å². The minimum atomic E-state index is -1.16. The van der Waals surface area contributed by atoms with Crippen molar-refractivity contribution in [1.29, 1.82) is 0 Å². The molecule has 0 heterocycles. The molecule has 29 heavy (non-hydrogen) atoms. The molecule has 0 saturated carbocycles. The Labute approximate surface area is 164 Å². The third kappa shape index (κ3) is 5.71. The summed E-state index contributed by atoms with van der Waals surface area (Å²) in [6.45, 7) is 0. The molecular formula is C19H18F2N2O6. The first-order valence-corrected chi connectivity index (χ1v) is 8.37. The lowest BCUT2D eigenvalue weighted by atomic mass is 10.0. The van der Waals surface area contributed by atoms with Crippen molar-refractivity contribution in [2.75, 3.05) is 14.2 Å². The number of rotatable bonds is 8. The number of ether oxygens (including phenoxy) is 2. The highest BCUT2D eigenvalue weighted by atomic mass is 19.1. The molecule has 154 valence electrons. The fourth-order valence-corrected chi connectivity index (χ4v) is 2.66. The second-order valence-electron chi connectivity index (χ2n) is 6.02. The Hall–Kier alpha value is -3.56. The molecule has 0 bridgehead atoms. The number of methoxy groups -OCH3 is 2. The third-order valence-electron chi connectivity index (χ3n) is 4.07. The Bertz CT molecular complexity index is 935. The van der Waals surface area contributed by atoms with Crippen LogP contribution in [0, 0.1) is 21.7 Å². The second kappa shape index (κ2) is 9.58. The highest BCUT2D eigenvalue weighted by Crippen LogP contribution is 2.28. The van der Waals surface area contributed by atoms with Gasteiger partial charge in [0.1, 0.15) is 17.7 Å². The topological polar surface area (TPSA) is 108 Å². The number of nitro benzene ring substituents is 1. The Morgan fingerprint density at radius 1 is 1.17 bits per heavy atom. The fraction of sp³-hybridized carbons (Fsp3) is 0.263. The summed E-state index contributed by atoms with van der Waals surface area (Å²) in [5.74, 6) is -3.10. The van der Waals surface area contributed by atoms with Crippen molar-refractivity contribution in [2.45, 2.75) is 18.9 Å². The third-order valence-corrected chi connectivity index (χ3v) is 4.07. The monoisotopic (exact) mass is 408 g/mol. The molecule has 0 saturated heterocycles. The minimum absolute atomic E-state index is 0.0455. The number of hydrogen-bond donors (Lipinski definition) is 1. The Morgan fingerprint density at radius 2 is 1.90 bits per heavy atom. The summed E-state index contributed by atoms with van der Waals surface area (Å²) in [5, 5.41) is 13.6. The van der Waals surface area contributed by atoms with E-state index >= 15 is 0 Å². The van der Waals surface area contributed by atoms with E-state index in [9.17, 15) is 28.5 Å². The number of nitro groups is 1. The standard InChI is InChI=1S/C19H18F2N2O6/c1-28-17-6-3-11(8-16(17)23(26)27)7-15(19(25)29-2)22-18(24)9-12-4-5-13(20)10-14(12)21/h3-6,8,10,15H,7,9H2,1-2H3,(H,22,24)/t15-/m0/s1. The predicted molar refractivity (Wildman–Crippen MR) is 97.4 cm³/mol. The van der Waals surface area contributed by atoms with E-state index < -0.39 is 40.9 Å². The van der Waals surface area contributed by atoms with Crippen LogP contribution in [-0.2, 0) is 27.2 Å². The number of esters is 1. The van der Waals surface area contributed by atoms with E-state index in [0.717, 1.165) is 19.2 Å². The van der Waals surface area contributed by atoms with Crippen molar-refractivity contribution in [2.24, 2.45) is 0 Å². The molecule has 1 amide bonds. The van der Waals surface area contributed by atoms with Gasteiger partial charge in [-0.1, -0.05) is 12.1 Å². The fourth-order valence-electron chi connectivity index (χ4n) is 2.66. The van der Waals surface area contributed by atoms with Crippen molar-refractivity contribution in [3.05, 3.63) is 69.3 Å². The van der Waals surface area contributed by atoms with Gasteiger partial charge >= 0.3 is 11.7 Å². The van der Waals surface area contributed by atoms with Gasteiger partial charge in [0.25, 0.3) is 0 Å². The lowest BCUT2D eigenvalue weighted by Gasteiger charge is -2.17. The molecule has 1 N–H and O–H groups in total. The van der Waals surface area contributed by atoms with Gasteiger partial charge in [-0.15, -0.1) is 0 Å². The number of halogens is 2. The van der Waals surface area contributed by atoms with Crippen LogP contribution in [0.4, 0.5) is 14.5 Å². The average Bonchev–Trinajstić information content (AvgIpc) is 2.68. The van der Waals surface area contributed by atoms with Crippen molar-refractivity contribution in [3.63, 3.8) is 0 Å². The van der Waals surface area contributed by atoms with Gasteiger partial charge in [-0.2, -0.15) is 0 Å². The molecule has 1 atom stereocenters. The summed E-state index contributed by atoms with van der Waals surface area (Å²) >= 11 is 0. The molecule has 0 fully saturated rings. The molecule has 0 aliphatic carbocycles. The van der Waals surface area contributed by atoms with E-state index in [1.165, 1.54) is 25.3 Å². The van der Waals surface area contributed by atoms with Gasteiger partial charge in [0.15, 0.2) is 5.75 Å². The summed E-state index contributed by atoms with van der Waals surface area (Å²) in [5.41, 5.74) is 0.0297. The number of hydrogen-bond acceptors (Lipinski definition) is 6. The Kier molecular flexibility index (Phi) is 7.18. The van der Waals surface area contributed by atoms with E-state index in [0.29, 0.717) is 11.6 Å². The summed E-state index contributed by atoms with van der Waals surface area (Å²) in [4.78, 5) is 34.8. The molecule has 2 rings (SSSR count). The molecule has 0 aliphatic heterocycles. The highest BCUT2D eigenvalue weighted by Gasteiger charge is 2.24. The maximum Gasteiger partial charge on any atom is 0.328 e. The van der Waals surface area contributed by atoms with Crippen molar-refractivity contribution in [3.8, 4) is 5.75 Å². The molecule has 0 spiro atoms. The van der Waals surface area contributed by atoms with Crippen molar-refractivity contribution >= 4 is 17.6 Å². The zero-order valence-electron chi connectivity index (χ0n) is 15.6. The van der Waals surface area contributed by atoms with Gasteiger partial charge in [0.2, 0.25) is 5.91 Å². The predicted octanol–water partition coefficient (Wildman–Crippen LogP) is 2.32. The van der Waals surface area contributed by atoms with E-state index in [1.807, 2.05) is 0 Å². The maximum atomic E-state index is 13.7. The Balaban J connectivity index is 2.17. The minimum Gasteiger partial charge on any atom is -0.490 e. The zero-order valence-corrected chi connectivity index (χ0v) is 15.6. The van der Waals surface area contributed by atoms with Crippen LogP contribution in [0.5, 0.6) is 5.75 Å². The van der Waals surface area contributed by atoms with E-state index in [4.69, 9.17) is 4.74 Å². The summed E-state index contributed by atoms with van der Waals surface area (Å²) in [7, 11) is 2.41. The molecule has 0 aromatic heterocycles. The van der Waals surface area contributed by atoms with Gasteiger partial charge < -0.3 is 14.8 Å². The van der Waals surface area contributed by atoms with Crippen LogP contribution < -0.4 is 10.1 Å². The quantitative estimate of drug-likeness (QED) is 0.408. The van der Waals surface area contributed by atoms with Gasteiger partial charge in [-0.05, 0) is 23.3 Å². The number of carbonyl (C=O) groups excluding carboxylic acids is 2. The second-order valence-corrected chi connectivity index (χ2v) is 6.02. The lowest BCUT2D eigenvalue weighted by molar-refractivity contribution is -0.385. The van der Waals surface area contributed by atoms with E-state index in [2.05, 4.69) is 10.1 Å². The number of amides is 1. The molecule has 0 unspecified atom stereocenters. The van der Waals surface area contributed by atoms with Crippen molar-refractivity contribution < 1.29 is 32.8 Å². The number of nitrogens with one attached hydrogen (secondary N) is 1. The lowest BCUT2D eigenvalue weighted by Crippen LogP contribution is -2.43. The summed E-state index contributed by atoms with van der Waals surface area (Å²) < 4.78 is 36.3. The van der Waals surface area contributed by atoms with Crippen LogP contribution in [0.3, 0.4) is 0 Å². The van der Waals surface area contributed by atoms with Crippen LogP contribution >= 0.6 is 0 Å². The van der Waals surface area contributed by atoms with E-state index in [1.54, 1.807) is 0 Å². The molecule has 2 aromatic rings. The average molecular weight is 408 g/mol. The zero-order chi connectivity index (χ0) is 21.6. The molecule has 10 heteroatoms.